The zero-order valence-corrected chi connectivity index (χ0v) is 19.2. The molecule has 4 heteroatoms. The summed E-state index contributed by atoms with van der Waals surface area (Å²) in [6.07, 6.45) is 2.87. The van der Waals surface area contributed by atoms with Gasteiger partial charge in [-0.1, -0.05) is 66.7 Å². The lowest BCUT2D eigenvalue weighted by molar-refractivity contribution is -0.138. The summed E-state index contributed by atoms with van der Waals surface area (Å²) >= 11 is 0. The lowest BCUT2D eigenvalue weighted by Gasteiger charge is -2.36. The van der Waals surface area contributed by atoms with E-state index in [1.165, 1.54) is 22.3 Å². The highest BCUT2D eigenvalue weighted by Gasteiger charge is 2.30. The zero-order valence-electron chi connectivity index (χ0n) is 19.2. The quantitative estimate of drug-likeness (QED) is 0.537. The third kappa shape index (κ3) is 5.45. The molecule has 0 saturated carbocycles. The van der Waals surface area contributed by atoms with Crippen LogP contribution in [0.4, 0.5) is 0 Å². The minimum atomic E-state index is 0.159. The summed E-state index contributed by atoms with van der Waals surface area (Å²) in [7, 11) is 0. The van der Waals surface area contributed by atoms with Crippen LogP contribution in [0.3, 0.4) is 0 Å². The van der Waals surface area contributed by atoms with Gasteiger partial charge < -0.3 is 9.64 Å². The number of amides is 1. The van der Waals surface area contributed by atoms with Crippen LogP contribution in [0.5, 0.6) is 5.75 Å². The molecule has 3 aromatic carbocycles. The van der Waals surface area contributed by atoms with Gasteiger partial charge in [0.05, 0.1) is 0 Å². The second-order valence-electron chi connectivity index (χ2n) is 9.25. The standard InChI is InChI=1S/C29H32N2O2/c32-29(31-18-15-25-10-4-5-11-27(25)21-31)26-13-16-30(17-14-26)20-24-9-6-12-28(19-24)33-22-23-7-2-1-3-8-23/h1-12,19,26H,13-18,20-22H2. The summed E-state index contributed by atoms with van der Waals surface area (Å²) < 4.78 is 5.99. The average Bonchev–Trinajstić information content (AvgIpc) is 2.88. The minimum absolute atomic E-state index is 0.159. The minimum Gasteiger partial charge on any atom is -0.489 e. The van der Waals surface area contributed by atoms with Crippen LogP contribution < -0.4 is 4.74 Å². The van der Waals surface area contributed by atoms with Gasteiger partial charge >= 0.3 is 0 Å². The summed E-state index contributed by atoms with van der Waals surface area (Å²) in [5, 5.41) is 0. The molecule has 5 rings (SSSR count). The summed E-state index contributed by atoms with van der Waals surface area (Å²) in [5.41, 5.74) is 5.14. The van der Waals surface area contributed by atoms with Crippen molar-refractivity contribution in [3.8, 4) is 5.75 Å². The Morgan fingerprint density at radius 2 is 1.55 bits per heavy atom. The molecule has 2 aliphatic rings. The molecule has 33 heavy (non-hydrogen) atoms. The smallest absolute Gasteiger partial charge is 0.226 e. The second-order valence-corrected chi connectivity index (χ2v) is 9.25. The highest BCUT2D eigenvalue weighted by molar-refractivity contribution is 5.79. The fraction of sp³-hybridized carbons (Fsp3) is 0.345. The number of hydrogen-bond acceptors (Lipinski definition) is 3. The van der Waals surface area contributed by atoms with Crippen LogP contribution in [0.1, 0.15) is 35.1 Å². The fourth-order valence-corrected chi connectivity index (χ4v) is 5.01. The van der Waals surface area contributed by atoms with Crippen molar-refractivity contribution >= 4 is 5.91 Å². The van der Waals surface area contributed by atoms with Gasteiger partial charge in [0.25, 0.3) is 0 Å². The molecule has 3 aromatic rings. The van der Waals surface area contributed by atoms with E-state index in [-0.39, 0.29) is 5.92 Å². The lowest BCUT2D eigenvalue weighted by atomic mass is 9.93. The van der Waals surface area contributed by atoms with Crippen molar-refractivity contribution in [2.75, 3.05) is 19.6 Å². The first-order valence-corrected chi connectivity index (χ1v) is 12.1. The predicted molar refractivity (Wildman–Crippen MR) is 131 cm³/mol. The number of carbonyl (C=O) groups excluding carboxylic acids is 1. The Morgan fingerprint density at radius 1 is 0.818 bits per heavy atom. The number of carbonyl (C=O) groups is 1. The molecule has 170 valence electrons. The Kier molecular flexibility index (Phi) is 6.73. The van der Waals surface area contributed by atoms with E-state index in [2.05, 4.69) is 64.4 Å². The normalized spacial score (nSPS) is 16.9. The molecule has 0 unspecified atom stereocenters. The summed E-state index contributed by atoms with van der Waals surface area (Å²) in [4.78, 5) is 17.7. The maximum absolute atomic E-state index is 13.2. The average molecular weight is 441 g/mol. The molecular formula is C29H32N2O2. The van der Waals surface area contributed by atoms with Crippen molar-refractivity contribution < 1.29 is 9.53 Å². The number of likely N-dealkylation sites (tertiary alicyclic amines) is 1. The summed E-state index contributed by atoms with van der Waals surface area (Å²) in [6, 6.07) is 27.2. The number of benzene rings is 3. The first-order valence-electron chi connectivity index (χ1n) is 12.1. The topological polar surface area (TPSA) is 32.8 Å². The van der Waals surface area contributed by atoms with Gasteiger partial charge in [-0.05, 0) is 66.7 Å². The van der Waals surface area contributed by atoms with E-state index < -0.39 is 0 Å². The van der Waals surface area contributed by atoms with E-state index in [1.54, 1.807) is 0 Å². The lowest BCUT2D eigenvalue weighted by Crippen LogP contribution is -2.44. The van der Waals surface area contributed by atoms with Gasteiger partial charge in [-0.2, -0.15) is 0 Å². The maximum atomic E-state index is 13.2. The van der Waals surface area contributed by atoms with E-state index in [9.17, 15) is 4.79 Å². The van der Waals surface area contributed by atoms with Crippen LogP contribution in [0.2, 0.25) is 0 Å². The van der Waals surface area contributed by atoms with Gasteiger partial charge in [-0.15, -0.1) is 0 Å². The fourth-order valence-electron chi connectivity index (χ4n) is 5.01. The number of hydrogen-bond donors (Lipinski definition) is 0. The van der Waals surface area contributed by atoms with Gasteiger partial charge in [0.2, 0.25) is 5.91 Å². The molecule has 0 N–H and O–H groups in total. The summed E-state index contributed by atoms with van der Waals surface area (Å²) in [6.45, 7) is 5.04. The van der Waals surface area contributed by atoms with Crippen molar-refractivity contribution in [1.29, 1.82) is 0 Å². The Morgan fingerprint density at radius 3 is 2.36 bits per heavy atom. The maximum Gasteiger partial charge on any atom is 0.226 e. The summed E-state index contributed by atoms with van der Waals surface area (Å²) in [5.74, 6) is 1.42. The van der Waals surface area contributed by atoms with E-state index in [0.29, 0.717) is 12.5 Å². The Labute approximate surface area is 196 Å². The van der Waals surface area contributed by atoms with Crippen LogP contribution in [-0.4, -0.2) is 35.3 Å². The van der Waals surface area contributed by atoms with Crippen LogP contribution in [0.15, 0.2) is 78.9 Å². The third-order valence-corrected chi connectivity index (χ3v) is 6.93. The van der Waals surface area contributed by atoms with E-state index in [4.69, 9.17) is 4.74 Å². The number of ether oxygens (including phenoxy) is 1. The van der Waals surface area contributed by atoms with Crippen molar-refractivity contribution in [3.05, 3.63) is 101 Å². The van der Waals surface area contributed by atoms with Crippen molar-refractivity contribution in [2.45, 2.75) is 39.0 Å². The van der Waals surface area contributed by atoms with Gasteiger partial charge in [0.15, 0.2) is 0 Å². The predicted octanol–water partition coefficient (Wildman–Crippen LogP) is 5.06. The molecule has 0 spiro atoms. The van der Waals surface area contributed by atoms with Gasteiger partial charge in [0.1, 0.15) is 12.4 Å². The highest BCUT2D eigenvalue weighted by atomic mass is 16.5. The molecule has 2 aliphatic heterocycles. The monoisotopic (exact) mass is 440 g/mol. The third-order valence-electron chi connectivity index (χ3n) is 6.93. The van der Waals surface area contributed by atoms with Crippen molar-refractivity contribution in [2.24, 2.45) is 5.92 Å². The zero-order chi connectivity index (χ0) is 22.5. The molecule has 1 saturated heterocycles. The largest absolute Gasteiger partial charge is 0.489 e. The molecule has 0 bridgehead atoms. The van der Waals surface area contributed by atoms with Gasteiger partial charge in [0, 0.05) is 25.6 Å². The first kappa shape index (κ1) is 21.7. The van der Waals surface area contributed by atoms with Crippen molar-refractivity contribution in [1.82, 2.24) is 9.80 Å². The van der Waals surface area contributed by atoms with Crippen molar-refractivity contribution in [3.63, 3.8) is 0 Å². The van der Waals surface area contributed by atoms with E-state index in [0.717, 1.165) is 57.7 Å². The molecule has 2 heterocycles. The van der Waals surface area contributed by atoms with Gasteiger partial charge in [-0.25, -0.2) is 0 Å². The molecule has 0 atom stereocenters. The molecule has 0 radical (unpaired) electrons. The Bertz CT molecular complexity index is 1070. The molecule has 1 fully saturated rings. The first-order chi connectivity index (χ1) is 16.2. The van der Waals surface area contributed by atoms with Gasteiger partial charge in [-0.3, -0.25) is 9.69 Å². The SMILES string of the molecule is O=C(C1CCN(Cc2cccc(OCc3ccccc3)c2)CC1)N1CCc2ccccc2C1. The highest BCUT2D eigenvalue weighted by Crippen LogP contribution is 2.26. The molecule has 1 amide bonds. The molecule has 0 aliphatic carbocycles. The molecule has 4 nitrogen and oxygen atoms in total. The van der Waals surface area contributed by atoms with Crippen LogP contribution in [0, 0.1) is 5.92 Å². The number of piperidine rings is 1. The number of nitrogens with zero attached hydrogens (tertiary/aromatic N) is 2. The molecular weight excluding hydrogens is 408 g/mol. The second kappa shape index (κ2) is 10.2. The Hall–Kier alpha value is -3.11. The van der Waals surface area contributed by atoms with E-state index >= 15 is 0 Å². The molecule has 0 aromatic heterocycles. The van der Waals surface area contributed by atoms with Crippen LogP contribution >= 0.6 is 0 Å². The van der Waals surface area contributed by atoms with E-state index in [1.807, 2.05) is 24.3 Å². The Balaban J connectivity index is 1.11. The van der Waals surface area contributed by atoms with Crippen LogP contribution in [-0.2, 0) is 30.9 Å². The number of rotatable bonds is 6. The number of fused-ring (bicyclic) bond motifs is 1. The van der Waals surface area contributed by atoms with Crippen LogP contribution in [0.25, 0.3) is 0 Å².